The molecule has 1 aromatic carbocycles. The normalized spacial score (nSPS) is 18.0. The lowest BCUT2D eigenvalue weighted by molar-refractivity contribution is -0.0848. The van der Waals surface area contributed by atoms with Crippen LogP contribution < -0.4 is 0 Å². The number of halogens is 1. The van der Waals surface area contributed by atoms with Crippen molar-refractivity contribution in [3.05, 3.63) is 52.3 Å². The minimum absolute atomic E-state index is 0.00890. The number of benzene rings is 1. The molecule has 130 valence electrons. The molecule has 25 heavy (non-hydrogen) atoms. The highest BCUT2D eigenvalue weighted by atomic mass is 35.5. The largest absolute Gasteiger partial charge is 0.334 e. The van der Waals surface area contributed by atoms with E-state index in [1.807, 2.05) is 11.8 Å². The number of likely N-dealkylation sites (tertiary alicyclic amines) is 2. The van der Waals surface area contributed by atoms with Gasteiger partial charge in [0.15, 0.2) is 0 Å². The van der Waals surface area contributed by atoms with Gasteiger partial charge in [0.05, 0.1) is 17.3 Å². The van der Waals surface area contributed by atoms with E-state index in [9.17, 15) is 9.59 Å². The average molecular weight is 359 g/mol. The Kier molecular flexibility index (Phi) is 3.61. The molecule has 0 saturated carbocycles. The Bertz CT molecular complexity index is 870. The highest BCUT2D eigenvalue weighted by Crippen LogP contribution is 2.41. The molecule has 0 N–H and O–H groups in total. The summed E-state index contributed by atoms with van der Waals surface area (Å²) in [5.74, 6) is -0.0308. The van der Waals surface area contributed by atoms with E-state index < -0.39 is 0 Å². The maximum absolute atomic E-state index is 12.7. The number of carbonyl (C=O) groups is 2. The molecule has 0 radical (unpaired) electrons. The van der Waals surface area contributed by atoms with E-state index in [-0.39, 0.29) is 17.4 Å². The summed E-state index contributed by atoms with van der Waals surface area (Å²) in [7, 11) is 1.79. The maximum Gasteiger partial charge on any atom is 0.257 e. The second kappa shape index (κ2) is 5.59. The molecule has 0 bridgehead atoms. The number of aromatic nitrogens is 2. The predicted octanol–water partition coefficient (Wildman–Crippen LogP) is 2.12. The van der Waals surface area contributed by atoms with Crippen LogP contribution in [0.5, 0.6) is 0 Å². The third-order valence-corrected chi connectivity index (χ3v) is 5.74. The number of rotatable bonds is 2. The van der Waals surface area contributed by atoms with Crippen LogP contribution in [-0.4, -0.2) is 56.6 Å². The third-order valence-electron chi connectivity index (χ3n) is 5.33. The summed E-state index contributed by atoms with van der Waals surface area (Å²) >= 11 is 6.12. The zero-order valence-corrected chi connectivity index (χ0v) is 15.0. The Labute approximate surface area is 151 Å². The van der Waals surface area contributed by atoms with Crippen LogP contribution in [0.15, 0.2) is 30.6 Å². The zero-order chi connectivity index (χ0) is 17.8. The van der Waals surface area contributed by atoms with Gasteiger partial charge in [0, 0.05) is 43.5 Å². The van der Waals surface area contributed by atoms with Gasteiger partial charge in [0.25, 0.3) is 11.8 Å². The third kappa shape index (κ3) is 2.43. The number of hydrogen-bond acceptors (Lipinski definition) is 3. The highest BCUT2D eigenvalue weighted by Gasteiger charge is 2.56. The molecule has 6 nitrogen and oxygen atoms in total. The van der Waals surface area contributed by atoms with Crippen molar-refractivity contribution >= 4 is 23.4 Å². The van der Waals surface area contributed by atoms with E-state index in [1.54, 1.807) is 47.2 Å². The van der Waals surface area contributed by atoms with Crippen LogP contribution in [0.1, 0.15) is 32.7 Å². The molecule has 2 aliphatic rings. The zero-order valence-electron chi connectivity index (χ0n) is 14.2. The van der Waals surface area contributed by atoms with Gasteiger partial charge in [-0.2, -0.15) is 5.10 Å². The summed E-state index contributed by atoms with van der Waals surface area (Å²) in [6.07, 6.45) is 4.24. The van der Waals surface area contributed by atoms with Gasteiger partial charge in [-0.1, -0.05) is 17.7 Å². The number of nitrogens with zero attached hydrogens (tertiary/aromatic N) is 4. The van der Waals surface area contributed by atoms with Gasteiger partial charge < -0.3 is 9.80 Å². The Balaban J connectivity index is 1.47. The van der Waals surface area contributed by atoms with Crippen molar-refractivity contribution in [1.82, 2.24) is 19.6 Å². The Morgan fingerprint density at radius 3 is 2.60 bits per heavy atom. The number of aryl methyl sites for hydroxylation is 1. The number of hydrogen-bond donors (Lipinski definition) is 0. The minimum atomic E-state index is -0.213. The van der Waals surface area contributed by atoms with Crippen LogP contribution in [0.25, 0.3) is 0 Å². The van der Waals surface area contributed by atoms with E-state index in [1.165, 1.54) is 0 Å². The van der Waals surface area contributed by atoms with Crippen molar-refractivity contribution in [2.24, 2.45) is 7.05 Å². The van der Waals surface area contributed by atoms with Gasteiger partial charge in [-0.05, 0) is 31.0 Å². The van der Waals surface area contributed by atoms with Crippen LogP contribution in [-0.2, 0) is 7.05 Å². The summed E-state index contributed by atoms with van der Waals surface area (Å²) in [5.41, 5.74) is 1.81. The van der Waals surface area contributed by atoms with Crippen LogP contribution in [0.2, 0.25) is 5.02 Å². The SMILES string of the molecule is Cc1c(Cl)cccc1C(=O)N1CC2(CCN2C(=O)c2cnn(C)c2)C1. The van der Waals surface area contributed by atoms with Crippen molar-refractivity contribution in [1.29, 1.82) is 0 Å². The lowest BCUT2D eigenvalue weighted by Crippen LogP contribution is -2.78. The minimum Gasteiger partial charge on any atom is -0.334 e. The van der Waals surface area contributed by atoms with Crippen molar-refractivity contribution in [2.45, 2.75) is 18.9 Å². The molecule has 0 unspecified atom stereocenters. The van der Waals surface area contributed by atoms with Crippen molar-refractivity contribution in [3.8, 4) is 0 Å². The molecule has 2 aliphatic heterocycles. The quantitative estimate of drug-likeness (QED) is 0.826. The van der Waals surface area contributed by atoms with Crippen LogP contribution in [0.4, 0.5) is 0 Å². The molecule has 7 heteroatoms. The monoisotopic (exact) mass is 358 g/mol. The second-order valence-electron chi connectivity index (χ2n) is 6.91. The molecule has 3 heterocycles. The molecule has 4 rings (SSSR count). The maximum atomic E-state index is 12.7. The van der Waals surface area contributed by atoms with Crippen LogP contribution in [0, 0.1) is 6.92 Å². The number of amides is 2. The first-order valence-electron chi connectivity index (χ1n) is 8.26. The molecule has 1 aromatic heterocycles. The van der Waals surface area contributed by atoms with Gasteiger partial charge in [-0.3, -0.25) is 14.3 Å². The van der Waals surface area contributed by atoms with Crippen molar-refractivity contribution in [3.63, 3.8) is 0 Å². The average Bonchev–Trinajstić information content (AvgIpc) is 2.94. The molecule has 0 aliphatic carbocycles. The highest BCUT2D eigenvalue weighted by molar-refractivity contribution is 6.31. The van der Waals surface area contributed by atoms with E-state index in [2.05, 4.69) is 5.10 Å². The molecule has 2 aromatic rings. The molecule has 1 spiro atoms. The first-order valence-corrected chi connectivity index (χ1v) is 8.64. The summed E-state index contributed by atoms with van der Waals surface area (Å²) < 4.78 is 1.62. The molecule has 2 amide bonds. The lowest BCUT2D eigenvalue weighted by atomic mass is 9.76. The molecular weight excluding hydrogens is 340 g/mol. The fraction of sp³-hybridized carbons (Fsp3) is 0.389. The fourth-order valence-electron chi connectivity index (χ4n) is 3.69. The number of carbonyl (C=O) groups excluding carboxylic acids is 2. The Morgan fingerprint density at radius 2 is 2.00 bits per heavy atom. The van der Waals surface area contributed by atoms with Gasteiger partial charge in [0.1, 0.15) is 0 Å². The van der Waals surface area contributed by atoms with E-state index >= 15 is 0 Å². The molecule has 2 saturated heterocycles. The van der Waals surface area contributed by atoms with Crippen LogP contribution in [0.3, 0.4) is 0 Å². The lowest BCUT2D eigenvalue weighted by Gasteiger charge is -2.62. The van der Waals surface area contributed by atoms with Gasteiger partial charge >= 0.3 is 0 Å². The fourth-order valence-corrected chi connectivity index (χ4v) is 3.86. The smallest absolute Gasteiger partial charge is 0.257 e. The first-order chi connectivity index (χ1) is 11.9. The summed E-state index contributed by atoms with van der Waals surface area (Å²) in [5, 5.41) is 4.66. The standard InChI is InChI=1S/C18H19ClN4O2/c1-12-14(4-3-5-15(12)19)17(25)22-10-18(11-22)6-7-23(18)16(24)13-8-20-21(2)9-13/h3-5,8-9H,6-7,10-11H2,1-2H3. The van der Waals surface area contributed by atoms with E-state index in [4.69, 9.17) is 11.6 Å². The van der Waals surface area contributed by atoms with Gasteiger partial charge in [-0.15, -0.1) is 0 Å². The van der Waals surface area contributed by atoms with Crippen molar-refractivity contribution < 1.29 is 9.59 Å². The van der Waals surface area contributed by atoms with E-state index in [0.717, 1.165) is 18.5 Å². The predicted molar refractivity (Wildman–Crippen MR) is 93.7 cm³/mol. The summed E-state index contributed by atoms with van der Waals surface area (Å²) in [6, 6.07) is 5.37. The van der Waals surface area contributed by atoms with Gasteiger partial charge in [0.2, 0.25) is 0 Å². The molecular formula is C18H19ClN4O2. The summed E-state index contributed by atoms with van der Waals surface area (Å²) in [6.45, 7) is 3.73. The Morgan fingerprint density at radius 1 is 1.24 bits per heavy atom. The van der Waals surface area contributed by atoms with E-state index in [0.29, 0.717) is 29.2 Å². The van der Waals surface area contributed by atoms with Gasteiger partial charge in [-0.25, -0.2) is 0 Å². The second-order valence-corrected chi connectivity index (χ2v) is 7.31. The molecule has 2 fully saturated rings. The van der Waals surface area contributed by atoms with Crippen molar-refractivity contribution in [2.75, 3.05) is 19.6 Å². The molecule has 0 atom stereocenters. The topological polar surface area (TPSA) is 58.4 Å². The first kappa shape index (κ1) is 16.1. The van der Waals surface area contributed by atoms with Crippen LogP contribution >= 0.6 is 11.6 Å². The summed E-state index contributed by atoms with van der Waals surface area (Å²) in [4.78, 5) is 29.0. The Hall–Kier alpha value is -2.34.